The topological polar surface area (TPSA) is 41.6 Å². The molecule has 0 saturated carbocycles. The number of hydrogen-bond donors (Lipinski definition) is 1. The Hall–Kier alpha value is -1.99. The van der Waals surface area contributed by atoms with Crippen LogP contribution in [0.5, 0.6) is 0 Å². The molecule has 0 bridgehead atoms. The number of aromatic nitrogens is 2. The summed E-state index contributed by atoms with van der Waals surface area (Å²) in [5.41, 5.74) is 4.83. The first kappa shape index (κ1) is 19.0. The van der Waals surface area contributed by atoms with Gasteiger partial charge in [0.25, 0.3) is 0 Å². The fraction of sp³-hybridized carbons (Fsp3) is 0.522. The van der Waals surface area contributed by atoms with Gasteiger partial charge in [-0.15, -0.1) is 0 Å². The van der Waals surface area contributed by atoms with E-state index < -0.39 is 0 Å². The Kier molecular flexibility index (Phi) is 5.26. The molecule has 2 aliphatic heterocycles. The summed E-state index contributed by atoms with van der Waals surface area (Å²) in [5, 5.41) is 2.63. The van der Waals surface area contributed by atoms with Crippen LogP contribution in [0.3, 0.4) is 0 Å². The van der Waals surface area contributed by atoms with E-state index in [1.807, 2.05) is 0 Å². The number of pyridine rings is 1. The van der Waals surface area contributed by atoms with E-state index >= 15 is 0 Å². The lowest BCUT2D eigenvalue weighted by atomic mass is 10.1. The van der Waals surface area contributed by atoms with Crippen molar-refractivity contribution in [1.82, 2.24) is 29.6 Å². The van der Waals surface area contributed by atoms with E-state index in [1.54, 1.807) is 0 Å². The van der Waals surface area contributed by atoms with Crippen LogP contribution in [0.4, 0.5) is 0 Å². The molecule has 6 nitrogen and oxygen atoms in total. The van der Waals surface area contributed by atoms with Gasteiger partial charge < -0.3 is 14.8 Å². The number of nitrogens with zero attached hydrogens (tertiary/aromatic N) is 5. The highest BCUT2D eigenvalue weighted by Crippen LogP contribution is 2.29. The minimum Gasteiger partial charge on any atom is -0.353 e. The lowest BCUT2D eigenvalue weighted by Gasteiger charge is -2.33. The molecular formula is C23H32N6. The van der Waals surface area contributed by atoms with E-state index in [1.165, 1.54) is 33.2 Å². The van der Waals surface area contributed by atoms with Crippen molar-refractivity contribution in [2.45, 2.75) is 13.1 Å². The van der Waals surface area contributed by atoms with Crippen molar-refractivity contribution in [1.29, 1.82) is 0 Å². The summed E-state index contributed by atoms with van der Waals surface area (Å²) < 4.78 is 0. The maximum atomic E-state index is 5.18. The van der Waals surface area contributed by atoms with Gasteiger partial charge in [0.05, 0.1) is 16.9 Å². The molecule has 0 spiro atoms. The molecule has 3 aromatic rings. The number of nitrogens with one attached hydrogen (secondary N) is 1. The van der Waals surface area contributed by atoms with Crippen LogP contribution in [-0.4, -0.2) is 96.0 Å². The second-order valence-corrected chi connectivity index (χ2v) is 8.81. The number of H-pyrrole nitrogens is 1. The summed E-state index contributed by atoms with van der Waals surface area (Å²) in [6.07, 6.45) is 0. The molecule has 0 atom stereocenters. The Morgan fingerprint density at radius 2 is 1.41 bits per heavy atom. The fourth-order valence-corrected chi connectivity index (χ4v) is 4.62. The number of hydrogen-bond acceptors (Lipinski definition) is 5. The van der Waals surface area contributed by atoms with Gasteiger partial charge >= 0.3 is 0 Å². The molecule has 6 heteroatoms. The number of rotatable bonds is 4. The lowest BCUT2D eigenvalue weighted by molar-refractivity contribution is 0.144. The average Bonchev–Trinajstić information content (AvgIpc) is 3.11. The van der Waals surface area contributed by atoms with Crippen LogP contribution in [0.25, 0.3) is 21.8 Å². The van der Waals surface area contributed by atoms with E-state index in [9.17, 15) is 0 Å². The Morgan fingerprint density at radius 3 is 2.10 bits per heavy atom. The summed E-state index contributed by atoms with van der Waals surface area (Å²) >= 11 is 0. The largest absolute Gasteiger partial charge is 0.353 e. The van der Waals surface area contributed by atoms with Crippen molar-refractivity contribution < 1.29 is 0 Å². The van der Waals surface area contributed by atoms with Crippen molar-refractivity contribution in [3.8, 4) is 0 Å². The van der Waals surface area contributed by atoms with Crippen LogP contribution in [0.2, 0.25) is 0 Å². The zero-order chi connectivity index (χ0) is 19.8. The SMILES string of the molecule is CN1CCN(Cc2cc3c([nH]c4ccccc43)c(CN3CCN(C)CC3)n2)CC1. The zero-order valence-electron chi connectivity index (χ0n) is 17.7. The highest BCUT2D eigenvalue weighted by atomic mass is 15.3. The quantitative estimate of drug-likeness (QED) is 0.737. The normalized spacial score (nSPS) is 20.8. The van der Waals surface area contributed by atoms with Crippen molar-refractivity contribution in [2.24, 2.45) is 0 Å². The minimum absolute atomic E-state index is 0.924. The van der Waals surface area contributed by atoms with E-state index in [2.05, 4.69) is 69.0 Å². The summed E-state index contributed by atoms with van der Waals surface area (Å²) in [7, 11) is 4.42. The first-order valence-corrected chi connectivity index (χ1v) is 10.9. The molecule has 1 aromatic carbocycles. The average molecular weight is 393 g/mol. The molecule has 2 aromatic heterocycles. The second kappa shape index (κ2) is 8.03. The Balaban J connectivity index is 1.49. The number of aromatic amines is 1. The van der Waals surface area contributed by atoms with Crippen LogP contribution < -0.4 is 0 Å². The van der Waals surface area contributed by atoms with Gasteiger partial charge in [0.15, 0.2) is 0 Å². The van der Waals surface area contributed by atoms with Crippen LogP contribution >= 0.6 is 0 Å². The predicted octanol–water partition coefficient (Wildman–Crippen LogP) is 2.21. The summed E-state index contributed by atoms with van der Waals surface area (Å²) in [6, 6.07) is 11.0. The molecule has 0 radical (unpaired) electrons. The Morgan fingerprint density at radius 1 is 0.793 bits per heavy atom. The number of likely N-dealkylation sites (N-methyl/N-ethyl adjacent to an activating group) is 2. The molecule has 4 heterocycles. The Labute approximate surface area is 173 Å². The number of benzene rings is 1. The molecule has 0 amide bonds. The zero-order valence-corrected chi connectivity index (χ0v) is 17.7. The smallest absolute Gasteiger partial charge is 0.0788 e. The molecule has 0 aliphatic carbocycles. The lowest BCUT2D eigenvalue weighted by Crippen LogP contribution is -2.44. The van der Waals surface area contributed by atoms with Gasteiger partial charge in [-0.25, -0.2) is 0 Å². The van der Waals surface area contributed by atoms with Crippen LogP contribution in [0.1, 0.15) is 11.4 Å². The summed E-state index contributed by atoms with van der Waals surface area (Å²) in [6.45, 7) is 10.9. The van der Waals surface area contributed by atoms with Crippen LogP contribution in [-0.2, 0) is 13.1 Å². The van der Waals surface area contributed by atoms with Gasteiger partial charge in [0.2, 0.25) is 0 Å². The maximum Gasteiger partial charge on any atom is 0.0788 e. The van der Waals surface area contributed by atoms with E-state index in [-0.39, 0.29) is 0 Å². The van der Waals surface area contributed by atoms with Crippen LogP contribution in [0.15, 0.2) is 30.3 Å². The van der Waals surface area contributed by atoms with Crippen molar-refractivity contribution in [2.75, 3.05) is 66.5 Å². The minimum atomic E-state index is 0.924. The molecule has 2 aliphatic rings. The van der Waals surface area contributed by atoms with Gasteiger partial charge in [-0.05, 0) is 26.2 Å². The van der Waals surface area contributed by atoms with Crippen LogP contribution in [0, 0.1) is 0 Å². The van der Waals surface area contributed by atoms with Gasteiger partial charge in [-0.1, -0.05) is 18.2 Å². The molecule has 2 fully saturated rings. The molecule has 1 N–H and O–H groups in total. The highest BCUT2D eigenvalue weighted by molar-refractivity contribution is 6.07. The molecule has 2 saturated heterocycles. The van der Waals surface area contributed by atoms with Gasteiger partial charge in [-0.3, -0.25) is 14.8 Å². The molecule has 29 heavy (non-hydrogen) atoms. The highest BCUT2D eigenvalue weighted by Gasteiger charge is 2.20. The van der Waals surface area contributed by atoms with Crippen molar-refractivity contribution in [3.05, 3.63) is 41.7 Å². The van der Waals surface area contributed by atoms with Gasteiger partial charge in [0, 0.05) is 81.7 Å². The molecule has 154 valence electrons. The maximum absolute atomic E-state index is 5.18. The number of fused-ring (bicyclic) bond motifs is 3. The fourth-order valence-electron chi connectivity index (χ4n) is 4.62. The number of piperazine rings is 2. The summed E-state index contributed by atoms with van der Waals surface area (Å²) in [5.74, 6) is 0. The van der Waals surface area contributed by atoms with Gasteiger partial charge in [0.1, 0.15) is 0 Å². The first-order valence-electron chi connectivity index (χ1n) is 10.9. The monoisotopic (exact) mass is 392 g/mol. The first-order chi connectivity index (χ1) is 14.2. The van der Waals surface area contributed by atoms with Crippen molar-refractivity contribution >= 4 is 21.8 Å². The standard InChI is InChI=1S/C23H32N6/c1-26-7-11-28(12-8-26)16-18-15-20-19-5-3-4-6-21(19)25-23(20)22(24-18)17-29-13-9-27(2)10-14-29/h3-6,15,25H,7-14,16-17H2,1-2H3. The Bertz CT molecular complexity index is 980. The number of para-hydroxylation sites is 1. The van der Waals surface area contributed by atoms with E-state index in [0.717, 1.165) is 65.4 Å². The predicted molar refractivity (Wildman–Crippen MR) is 119 cm³/mol. The van der Waals surface area contributed by atoms with E-state index in [0.29, 0.717) is 0 Å². The molecule has 5 rings (SSSR count). The molecular weight excluding hydrogens is 360 g/mol. The molecule has 0 unspecified atom stereocenters. The third-order valence-corrected chi connectivity index (χ3v) is 6.58. The van der Waals surface area contributed by atoms with Gasteiger partial charge in [-0.2, -0.15) is 0 Å². The third-order valence-electron chi connectivity index (χ3n) is 6.58. The third kappa shape index (κ3) is 4.03. The second-order valence-electron chi connectivity index (χ2n) is 8.81. The van der Waals surface area contributed by atoms with E-state index in [4.69, 9.17) is 4.98 Å². The van der Waals surface area contributed by atoms with Crippen molar-refractivity contribution in [3.63, 3.8) is 0 Å². The summed E-state index contributed by atoms with van der Waals surface area (Å²) in [4.78, 5) is 18.8.